The van der Waals surface area contributed by atoms with Crippen LogP contribution in [0.5, 0.6) is 0 Å². The quantitative estimate of drug-likeness (QED) is 0.562. The molecule has 0 radical (unpaired) electrons. The number of carbonyl (C=O) groups excluding carboxylic acids is 1. The van der Waals surface area contributed by atoms with E-state index in [4.69, 9.17) is 10.7 Å². The summed E-state index contributed by atoms with van der Waals surface area (Å²) in [5.41, 5.74) is 0.335. The van der Waals surface area contributed by atoms with E-state index in [1.54, 1.807) is 0 Å². The van der Waals surface area contributed by atoms with Crippen LogP contribution < -0.4 is 0 Å². The molecule has 0 atom stereocenters. The highest BCUT2D eigenvalue weighted by Gasteiger charge is 2.10. The number of hydrogen-bond donors (Lipinski definition) is 0. The number of carbonyl (C=O) groups is 1. The van der Waals surface area contributed by atoms with Crippen molar-refractivity contribution in [2.45, 2.75) is 11.8 Å². The lowest BCUT2D eigenvalue weighted by atomic mass is 10.2. The van der Waals surface area contributed by atoms with Crippen molar-refractivity contribution in [1.29, 1.82) is 0 Å². The predicted molar refractivity (Wildman–Crippen MR) is 49.5 cm³/mol. The lowest BCUT2D eigenvalue weighted by Crippen LogP contribution is -1.96. The van der Waals surface area contributed by atoms with E-state index in [0.29, 0.717) is 5.56 Å². The van der Waals surface area contributed by atoms with Crippen molar-refractivity contribution in [1.82, 2.24) is 0 Å². The highest BCUT2D eigenvalue weighted by atomic mass is 35.7. The Hall–Kier alpha value is -0.870. The molecule has 0 aliphatic heterocycles. The largest absolute Gasteiger partial charge is 0.295 e. The monoisotopic (exact) mass is 218 g/mol. The maximum absolute atomic E-state index is 10.9. The van der Waals surface area contributed by atoms with Crippen LogP contribution in [0.2, 0.25) is 0 Å². The standard InChI is InChI=1S/C8H7ClO3S/c1-6(10)7-3-2-4-8(5-7)13(9,11)12/h2-5H,1H3. The highest BCUT2D eigenvalue weighted by Crippen LogP contribution is 2.16. The van der Waals surface area contributed by atoms with Gasteiger partial charge in [-0.15, -0.1) is 0 Å². The summed E-state index contributed by atoms with van der Waals surface area (Å²) in [6, 6.07) is 5.61. The van der Waals surface area contributed by atoms with Crippen LogP contribution in [0.1, 0.15) is 17.3 Å². The van der Waals surface area contributed by atoms with Gasteiger partial charge in [0.2, 0.25) is 0 Å². The van der Waals surface area contributed by atoms with Crippen molar-refractivity contribution in [3.8, 4) is 0 Å². The summed E-state index contributed by atoms with van der Waals surface area (Å²) in [4.78, 5) is 10.8. The van der Waals surface area contributed by atoms with E-state index in [1.165, 1.54) is 31.2 Å². The molecule has 0 aliphatic carbocycles. The fourth-order valence-electron chi connectivity index (χ4n) is 0.867. The van der Waals surface area contributed by atoms with Crippen LogP contribution in [-0.4, -0.2) is 14.2 Å². The molecule has 0 aromatic heterocycles. The zero-order chi connectivity index (χ0) is 10.1. The van der Waals surface area contributed by atoms with E-state index >= 15 is 0 Å². The molecule has 0 heterocycles. The Bertz CT molecular complexity index is 436. The van der Waals surface area contributed by atoms with Crippen LogP contribution >= 0.6 is 10.7 Å². The molecule has 13 heavy (non-hydrogen) atoms. The number of Topliss-reactive ketones (excluding diaryl/α,β-unsaturated/α-hetero) is 1. The van der Waals surface area contributed by atoms with Gasteiger partial charge in [-0.25, -0.2) is 8.42 Å². The van der Waals surface area contributed by atoms with E-state index < -0.39 is 9.05 Å². The van der Waals surface area contributed by atoms with Crippen molar-refractivity contribution in [2.24, 2.45) is 0 Å². The Morgan fingerprint density at radius 3 is 2.46 bits per heavy atom. The number of ketones is 1. The minimum atomic E-state index is -3.74. The minimum absolute atomic E-state index is 0.0538. The van der Waals surface area contributed by atoms with E-state index in [1.807, 2.05) is 0 Å². The van der Waals surface area contributed by atoms with Crippen LogP contribution in [-0.2, 0) is 9.05 Å². The van der Waals surface area contributed by atoms with Crippen LogP contribution in [0, 0.1) is 0 Å². The van der Waals surface area contributed by atoms with Gasteiger partial charge in [0, 0.05) is 16.2 Å². The Balaban J connectivity index is 3.29. The van der Waals surface area contributed by atoms with Gasteiger partial charge in [-0.1, -0.05) is 12.1 Å². The van der Waals surface area contributed by atoms with Gasteiger partial charge < -0.3 is 0 Å². The molecule has 70 valence electrons. The lowest BCUT2D eigenvalue weighted by Gasteiger charge is -1.98. The molecule has 0 saturated heterocycles. The van der Waals surface area contributed by atoms with Crippen molar-refractivity contribution in [3.63, 3.8) is 0 Å². The van der Waals surface area contributed by atoms with Crippen LogP contribution in [0.4, 0.5) is 0 Å². The maximum atomic E-state index is 10.9. The molecule has 0 amide bonds. The fourth-order valence-corrected chi connectivity index (χ4v) is 1.66. The summed E-state index contributed by atoms with van der Waals surface area (Å²) in [5, 5.41) is 0. The second-order valence-corrected chi connectivity index (χ2v) is 5.09. The molecule has 5 heteroatoms. The highest BCUT2D eigenvalue weighted by molar-refractivity contribution is 8.13. The molecule has 0 spiro atoms. The fraction of sp³-hybridized carbons (Fsp3) is 0.125. The molecule has 0 N–H and O–H groups in total. The number of rotatable bonds is 2. The summed E-state index contributed by atoms with van der Waals surface area (Å²) in [6.07, 6.45) is 0. The molecule has 0 aliphatic rings. The Kier molecular flexibility index (Phi) is 2.73. The summed E-state index contributed by atoms with van der Waals surface area (Å²) in [6.45, 7) is 1.36. The normalized spacial score (nSPS) is 11.2. The average molecular weight is 219 g/mol. The number of halogens is 1. The third-order valence-electron chi connectivity index (χ3n) is 1.52. The molecular formula is C8H7ClO3S. The van der Waals surface area contributed by atoms with E-state index in [0.717, 1.165) is 0 Å². The molecular weight excluding hydrogens is 212 g/mol. The Morgan fingerprint density at radius 2 is 2.00 bits per heavy atom. The van der Waals surface area contributed by atoms with Gasteiger partial charge in [-0.05, 0) is 19.1 Å². The van der Waals surface area contributed by atoms with Gasteiger partial charge in [-0.3, -0.25) is 4.79 Å². The second kappa shape index (κ2) is 3.47. The molecule has 0 unspecified atom stereocenters. The van der Waals surface area contributed by atoms with Crippen molar-refractivity contribution >= 4 is 25.5 Å². The number of benzene rings is 1. The molecule has 1 aromatic rings. The summed E-state index contributed by atoms with van der Waals surface area (Å²) < 4.78 is 21.7. The molecule has 1 aromatic carbocycles. The Morgan fingerprint density at radius 1 is 1.38 bits per heavy atom. The van der Waals surface area contributed by atoms with Gasteiger partial charge in [0.25, 0.3) is 9.05 Å². The first-order valence-electron chi connectivity index (χ1n) is 3.47. The molecule has 3 nitrogen and oxygen atoms in total. The van der Waals surface area contributed by atoms with Crippen LogP contribution in [0.3, 0.4) is 0 Å². The number of hydrogen-bond acceptors (Lipinski definition) is 3. The van der Waals surface area contributed by atoms with Gasteiger partial charge in [0.15, 0.2) is 5.78 Å². The first-order chi connectivity index (χ1) is 5.91. The average Bonchev–Trinajstić information content (AvgIpc) is 2.03. The zero-order valence-electron chi connectivity index (χ0n) is 6.82. The van der Waals surface area contributed by atoms with Crippen LogP contribution in [0.25, 0.3) is 0 Å². The molecule has 0 fully saturated rings. The van der Waals surface area contributed by atoms with Gasteiger partial charge >= 0.3 is 0 Å². The molecule has 0 bridgehead atoms. The Labute approximate surface area is 80.8 Å². The van der Waals surface area contributed by atoms with Crippen molar-refractivity contribution in [2.75, 3.05) is 0 Å². The van der Waals surface area contributed by atoms with Gasteiger partial charge in [-0.2, -0.15) is 0 Å². The summed E-state index contributed by atoms with van der Waals surface area (Å²) in [5.74, 6) is -0.192. The third kappa shape index (κ3) is 2.54. The smallest absolute Gasteiger partial charge is 0.261 e. The summed E-state index contributed by atoms with van der Waals surface area (Å²) in [7, 11) is 1.36. The van der Waals surface area contributed by atoms with Crippen molar-refractivity contribution in [3.05, 3.63) is 29.8 Å². The van der Waals surface area contributed by atoms with E-state index in [2.05, 4.69) is 0 Å². The first kappa shape index (κ1) is 10.2. The minimum Gasteiger partial charge on any atom is -0.295 e. The van der Waals surface area contributed by atoms with E-state index in [-0.39, 0.29) is 10.7 Å². The van der Waals surface area contributed by atoms with Crippen LogP contribution in [0.15, 0.2) is 29.2 Å². The van der Waals surface area contributed by atoms with Gasteiger partial charge in [0.1, 0.15) is 0 Å². The third-order valence-corrected chi connectivity index (χ3v) is 2.87. The predicted octanol–water partition coefficient (Wildman–Crippen LogP) is 1.82. The second-order valence-electron chi connectivity index (χ2n) is 2.52. The topological polar surface area (TPSA) is 51.2 Å². The summed E-state index contributed by atoms with van der Waals surface area (Å²) >= 11 is 0. The zero-order valence-corrected chi connectivity index (χ0v) is 8.39. The lowest BCUT2D eigenvalue weighted by molar-refractivity contribution is 0.101. The SMILES string of the molecule is CC(=O)c1cccc(S(=O)(=O)Cl)c1. The first-order valence-corrected chi connectivity index (χ1v) is 5.78. The van der Waals surface area contributed by atoms with E-state index in [9.17, 15) is 13.2 Å². The van der Waals surface area contributed by atoms with Crippen molar-refractivity contribution < 1.29 is 13.2 Å². The molecule has 1 rings (SSSR count). The molecule has 0 saturated carbocycles. The maximum Gasteiger partial charge on any atom is 0.261 e. The van der Waals surface area contributed by atoms with Gasteiger partial charge in [0.05, 0.1) is 4.90 Å².